The Morgan fingerprint density at radius 2 is 1.95 bits per heavy atom. The standard InChI is InChI=1S/C13H22N4O3S/c1-8(2)11-15-16-12(21-7-10(19)20)17(11)6-9(18)14-13(3,4)5/h8H,6-7H2,1-5H3,(H,14,18)(H,19,20). The summed E-state index contributed by atoms with van der Waals surface area (Å²) < 4.78 is 1.68. The maximum atomic E-state index is 12.1. The first-order valence-corrected chi connectivity index (χ1v) is 7.67. The van der Waals surface area contributed by atoms with Crippen LogP contribution in [0.15, 0.2) is 5.16 Å². The molecule has 2 N–H and O–H groups in total. The van der Waals surface area contributed by atoms with Gasteiger partial charge in [0.15, 0.2) is 5.16 Å². The third kappa shape index (κ3) is 5.74. The zero-order chi connectivity index (χ0) is 16.2. The summed E-state index contributed by atoms with van der Waals surface area (Å²) in [6.07, 6.45) is 0. The lowest BCUT2D eigenvalue weighted by Gasteiger charge is -2.21. The molecular weight excluding hydrogens is 292 g/mol. The molecule has 1 heterocycles. The van der Waals surface area contributed by atoms with Gasteiger partial charge in [-0.3, -0.25) is 14.2 Å². The summed E-state index contributed by atoms with van der Waals surface area (Å²) in [5, 5.41) is 20.1. The second-order valence-corrected chi connectivity index (χ2v) is 7.00. The zero-order valence-corrected chi connectivity index (χ0v) is 13.8. The highest BCUT2D eigenvalue weighted by Crippen LogP contribution is 2.21. The molecule has 0 unspecified atom stereocenters. The second-order valence-electron chi connectivity index (χ2n) is 6.06. The molecule has 0 spiro atoms. The van der Waals surface area contributed by atoms with E-state index in [0.717, 1.165) is 11.8 Å². The number of carbonyl (C=O) groups excluding carboxylic acids is 1. The Labute approximate surface area is 128 Å². The van der Waals surface area contributed by atoms with Crippen molar-refractivity contribution in [1.29, 1.82) is 0 Å². The highest BCUT2D eigenvalue weighted by atomic mass is 32.2. The number of hydrogen-bond acceptors (Lipinski definition) is 5. The highest BCUT2D eigenvalue weighted by molar-refractivity contribution is 7.99. The van der Waals surface area contributed by atoms with Gasteiger partial charge in [0.25, 0.3) is 0 Å². The lowest BCUT2D eigenvalue weighted by molar-refractivity contribution is -0.134. The maximum absolute atomic E-state index is 12.1. The number of carboxylic acids is 1. The predicted octanol–water partition coefficient (Wildman–Crippen LogP) is 1.49. The SMILES string of the molecule is CC(C)c1nnc(SCC(=O)O)n1CC(=O)NC(C)(C)C. The number of aromatic nitrogens is 3. The Bertz CT molecular complexity index is 520. The van der Waals surface area contributed by atoms with Crippen molar-refractivity contribution < 1.29 is 14.7 Å². The van der Waals surface area contributed by atoms with Crippen molar-refractivity contribution in [3.05, 3.63) is 5.82 Å². The van der Waals surface area contributed by atoms with Gasteiger partial charge >= 0.3 is 5.97 Å². The van der Waals surface area contributed by atoms with Crippen molar-refractivity contribution in [1.82, 2.24) is 20.1 Å². The Balaban J connectivity index is 2.93. The Morgan fingerprint density at radius 3 is 2.43 bits per heavy atom. The number of aliphatic carboxylic acids is 1. The summed E-state index contributed by atoms with van der Waals surface area (Å²) in [5.74, 6) is -0.427. The molecule has 1 rings (SSSR count). The van der Waals surface area contributed by atoms with E-state index in [0.29, 0.717) is 11.0 Å². The van der Waals surface area contributed by atoms with Crippen LogP contribution < -0.4 is 5.32 Å². The number of carbonyl (C=O) groups is 2. The first kappa shape index (κ1) is 17.5. The summed E-state index contributed by atoms with van der Waals surface area (Å²) in [7, 11) is 0. The van der Waals surface area contributed by atoms with E-state index in [1.807, 2.05) is 34.6 Å². The molecule has 0 saturated carbocycles. The summed E-state index contributed by atoms with van der Waals surface area (Å²) >= 11 is 1.06. The van der Waals surface area contributed by atoms with E-state index in [-0.39, 0.29) is 29.7 Å². The summed E-state index contributed by atoms with van der Waals surface area (Å²) in [6, 6.07) is 0. The number of nitrogens with one attached hydrogen (secondary N) is 1. The third-order valence-electron chi connectivity index (χ3n) is 2.40. The van der Waals surface area contributed by atoms with Crippen molar-refractivity contribution in [2.75, 3.05) is 5.75 Å². The van der Waals surface area contributed by atoms with Gasteiger partial charge in [0.2, 0.25) is 5.91 Å². The molecule has 7 nitrogen and oxygen atoms in total. The zero-order valence-electron chi connectivity index (χ0n) is 13.0. The molecule has 1 aromatic rings. The van der Waals surface area contributed by atoms with Gasteiger partial charge in [0, 0.05) is 11.5 Å². The van der Waals surface area contributed by atoms with Gasteiger partial charge in [-0.25, -0.2) is 0 Å². The molecule has 8 heteroatoms. The van der Waals surface area contributed by atoms with Crippen LogP contribution in [0.1, 0.15) is 46.4 Å². The molecular formula is C13H22N4O3S. The molecule has 0 aromatic carbocycles. The molecule has 1 amide bonds. The summed E-state index contributed by atoms with van der Waals surface area (Å²) in [6.45, 7) is 9.70. The second kappa shape index (κ2) is 6.93. The summed E-state index contributed by atoms with van der Waals surface area (Å²) in [4.78, 5) is 22.8. The van der Waals surface area contributed by atoms with Crippen molar-refractivity contribution in [3.63, 3.8) is 0 Å². The quantitative estimate of drug-likeness (QED) is 0.772. The fourth-order valence-corrected chi connectivity index (χ4v) is 2.38. The summed E-state index contributed by atoms with van der Waals surface area (Å²) in [5.41, 5.74) is -0.322. The largest absolute Gasteiger partial charge is 0.481 e. The first-order valence-electron chi connectivity index (χ1n) is 6.69. The molecule has 0 bridgehead atoms. The molecule has 0 radical (unpaired) electrons. The van der Waals surface area contributed by atoms with E-state index >= 15 is 0 Å². The van der Waals surface area contributed by atoms with Crippen molar-refractivity contribution >= 4 is 23.6 Å². The van der Waals surface area contributed by atoms with E-state index in [9.17, 15) is 9.59 Å². The van der Waals surface area contributed by atoms with Gasteiger partial charge in [-0.2, -0.15) is 0 Å². The Kier molecular flexibility index (Phi) is 5.77. The van der Waals surface area contributed by atoms with E-state index in [1.165, 1.54) is 0 Å². The van der Waals surface area contributed by atoms with Crippen LogP contribution in [0.4, 0.5) is 0 Å². The Morgan fingerprint density at radius 1 is 1.33 bits per heavy atom. The van der Waals surface area contributed by atoms with Crippen LogP contribution in [0, 0.1) is 0 Å². The smallest absolute Gasteiger partial charge is 0.313 e. The topological polar surface area (TPSA) is 97.1 Å². The monoisotopic (exact) mass is 314 g/mol. The van der Waals surface area contributed by atoms with Crippen LogP contribution in [0.2, 0.25) is 0 Å². The van der Waals surface area contributed by atoms with Crippen molar-refractivity contribution in [2.45, 2.75) is 57.8 Å². The fourth-order valence-electron chi connectivity index (χ4n) is 1.71. The van der Waals surface area contributed by atoms with Gasteiger partial charge in [-0.15, -0.1) is 10.2 Å². The van der Waals surface area contributed by atoms with Crippen LogP contribution in [-0.4, -0.2) is 43.0 Å². The molecule has 1 aromatic heterocycles. The minimum atomic E-state index is -0.931. The molecule has 118 valence electrons. The Hall–Kier alpha value is -1.57. The number of hydrogen-bond donors (Lipinski definition) is 2. The van der Waals surface area contributed by atoms with Crippen LogP contribution in [-0.2, 0) is 16.1 Å². The minimum Gasteiger partial charge on any atom is -0.481 e. The molecule has 0 aliphatic carbocycles. The lowest BCUT2D eigenvalue weighted by atomic mass is 10.1. The molecule has 0 atom stereocenters. The lowest BCUT2D eigenvalue weighted by Crippen LogP contribution is -2.42. The number of nitrogens with zero attached hydrogens (tertiary/aromatic N) is 3. The molecule has 21 heavy (non-hydrogen) atoms. The predicted molar refractivity (Wildman–Crippen MR) is 80.4 cm³/mol. The number of rotatable bonds is 6. The normalized spacial score (nSPS) is 11.7. The van der Waals surface area contributed by atoms with E-state index in [1.54, 1.807) is 4.57 Å². The first-order chi connectivity index (χ1) is 9.60. The van der Waals surface area contributed by atoms with Crippen molar-refractivity contribution in [2.24, 2.45) is 0 Å². The van der Waals surface area contributed by atoms with Crippen molar-refractivity contribution in [3.8, 4) is 0 Å². The number of thioether (sulfide) groups is 1. The number of amides is 1. The van der Waals surface area contributed by atoms with Gasteiger partial charge in [-0.05, 0) is 20.8 Å². The van der Waals surface area contributed by atoms with E-state index < -0.39 is 5.97 Å². The van der Waals surface area contributed by atoms with Crippen LogP contribution in [0.3, 0.4) is 0 Å². The molecule has 0 aliphatic heterocycles. The minimum absolute atomic E-state index is 0.0831. The van der Waals surface area contributed by atoms with E-state index in [2.05, 4.69) is 15.5 Å². The number of carboxylic acid groups (broad SMARTS) is 1. The molecule has 0 aliphatic rings. The highest BCUT2D eigenvalue weighted by Gasteiger charge is 2.20. The van der Waals surface area contributed by atoms with Gasteiger partial charge < -0.3 is 10.4 Å². The molecule has 0 fully saturated rings. The van der Waals surface area contributed by atoms with E-state index in [4.69, 9.17) is 5.11 Å². The fraction of sp³-hybridized carbons (Fsp3) is 0.692. The average Bonchev–Trinajstić information content (AvgIpc) is 2.66. The van der Waals surface area contributed by atoms with Gasteiger partial charge in [-0.1, -0.05) is 25.6 Å². The van der Waals surface area contributed by atoms with Crippen LogP contribution in [0.5, 0.6) is 0 Å². The van der Waals surface area contributed by atoms with Crippen LogP contribution in [0.25, 0.3) is 0 Å². The average molecular weight is 314 g/mol. The van der Waals surface area contributed by atoms with Gasteiger partial charge in [0.1, 0.15) is 12.4 Å². The third-order valence-corrected chi connectivity index (χ3v) is 3.35. The van der Waals surface area contributed by atoms with Gasteiger partial charge in [0.05, 0.1) is 5.75 Å². The molecule has 0 saturated heterocycles. The maximum Gasteiger partial charge on any atom is 0.313 e. The van der Waals surface area contributed by atoms with Crippen LogP contribution >= 0.6 is 11.8 Å².